The van der Waals surface area contributed by atoms with E-state index in [9.17, 15) is 13.2 Å². The highest BCUT2D eigenvalue weighted by molar-refractivity contribution is 7.99. The van der Waals surface area contributed by atoms with E-state index in [0.29, 0.717) is 41.9 Å². The van der Waals surface area contributed by atoms with Gasteiger partial charge in [-0.15, -0.1) is 0 Å². The number of carbonyl (C=O) groups is 1. The van der Waals surface area contributed by atoms with Gasteiger partial charge in [-0.2, -0.15) is 16.1 Å². The molecule has 2 aromatic rings. The second-order valence-electron chi connectivity index (χ2n) is 8.55. The van der Waals surface area contributed by atoms with Gasteiger partial charge >= 0.3 is 0 Å². The van der Waals surface area contributed by atoms with Gasteiger partial charge in [-0.1, -0.05) is 19.1 Å². The van der Waals surface area contributed by atoms with E-state index in [1.807, 2.05) is 23.9 Å². The summed E-state index contributed by atoms with van der Waals surface area (Å²) < 4.78 is 35.2. The summed E-state index contributed by atoms with van der Waals surface area (Å²) in [6.45, 7) is 4.67. The number of piperidine rings is 1. The first-order chi connectivity index (χ1) is 15.4. The van der Waals surface area contributed by atoms with Gasteiger partial charge in [0, 0.05) is 43.8 Å². The fourth-order valence-electron chi connectivity index (χ4n) is 4.40. The number of fused-ring (bicyclic) bond motifs is 2. The van der Waals surface area contributed by atoms with Crippen LogP contribution in [0.3, 0.4) is 0 Å². The lowest BCUT2D eigenvalue weighted by molar-refractivity contribution is 0.102. The van der Waals surface area contributed by atoms with Crippen LogP contribution in [0.15, 0.2) is 41.3 Å². The van der Waals surface area contributed by atoms with Gasteiger partial charge in [0.1, 0.15) is 10.6 Å². The van der Waals surface area contributed by atoms with Crippen LogP contribution in [0.1, 0.15) is 30.1 Å². The molecule has 0 bridgehead atoms. The Bertz CT molecular complexity index is 1140. The van der Waals surface area contributed by atoms with Crippen LogP contribution >= 0.6 is 11.8 Å². The maximum atomic E-state index is 13.8. The number of nitrogens with zero attached hydrogens (tertiary/aromatic N) is 2. The largest absolute Gasteiger partial charge is 0.454 e. The van der Waals surface area contributed by atoms with Gasteiger partial charge in [-0.3, -0.25) is 4.79 Å². The lowest BCUT2D eigenvalue weighted by Gasteiger charge is -2.34. The minimum atomic E-state index is -3.75. The number of ether oxygens (including phenoxy) is 1. The quantitative estimate of drug-likeness (QED) is 0.726. The van der Waals surface area contributed by atoms with Crippen LogP contribution in [-0.2, 0) is 10.0 Å². The summed E-state index contributed by atoms with van der Waals surface area (Å²) in [5, 5.41) is 2.85. The van der Waals surface area contributed by atoms with Gasteiger partial charge in [-0.25, -0.2) is 8.42 Å². The van der Waals surface area contributed by atoms with E-state index in [2.05, 4.69) is 17.1 Å². The van der Waals surface area contributed by atoms with Crippen molar-refractivity contribution in [3.05, 3.63) is 42.0 Å². The van der Waals surface area contributed by atoms with Crippen molar-refractivity contribution in [3.63, 3.8) is 0 Å². The van der Waals surface area contributed by atoms with Crippen molar-refractivity contribution < 1.29 is 17.9 Å². The van der Waals surface area contributed by atoms with Crippen LogP contribution in [0.2, 0.25) is 0 Å². The summed E-state index contributed by atoms with van der Waals surface area (Å²) in [6.07, 6.45) is 1.69. The SMILES string of the molecule is CC1CCN(S(=O)(=O)c2cc3c(cc2N2CCSCC2)Oc2ccccc2NC3=O)CC1. The smallest absolute Gasteiger partial charge is 0.259 e. The molecule has 7 nitrogen and oxygen atoms in total. The molecular weight excluding hydrogens is 446 g/mol. The third kappa shape index (κ3) is 3.97. The van der Waals surface area contributed by atoms with Gasteiger partial charge in [-0.05, 0) is 37.0 Å². The molecule has 5 rings (SSSR count). The summed E-state index contributed by atoms with van der Waals surface area (Å²) in [5.74, 6) is 2.94. The van der Waals surface area contributed by atoms with Crippen LogP contribution in [0.5, 0.6) is 11.5 Å². The zero-order chi connectivity index (χ0) is 22.3. The molecule has 0 aliphatic carbocycles. The number of rotatable bonds is 3. The molecular formula is C23H27N3O4S2. The van der Waals surface area contributed by atoms with Gasteiger partial charge in [0.2, 0.25) is 10.0 Å². The molecule has 2 fully saturated rings. The monoisotopic (exact) mass is 473 g/mol. The van der Waals surface area contributed by atoms with Gasteiger partial charge in [0.15, 0.2) is 5.75 Å². The summed E-state index contributed by atoms with van der Waals surface area (Å²) in [5.41, 5.74) is 1.43. The third-order valence-corrected chi connectivity index (χ3v) is 9.24. The number of sulfonamides is 1. The second kappa shape index (κ2) is 8.61. The minimum absolute atomic E-state index is 0.197. The van der Waals surface area contributed by atoms with E-state index < -0.39 is 10.0 Å². The highest BCUT2D eigenvalue weighted by Gasteiger charge is 2.34. The Morgan fingerprint density at radius 2 is 1.75 bits per heavy atom. The predicted octanol–water partition coefficient (Wildman–Crippen LogP) is 4.02. The standard InChI is InChI=1S/C23H27N3O4S2/c1-16-6-8-26(9-7-16)32(28,29)22-14-17-21(15-19(22)25-10-12-31-13-11-25)30-20-5-3-2-4-18(20)24-23(17)27/h2-5,14-16H,6-13H2,1H3,(H,24,27). The summed E-state index contributed by atoms with van der Waals surface area (Å²) in [7, 11) is -3.75. The van der Waals surface area contributed by atoms with E-state index in [0.717, 1.165) is 37.4 Å². The number of nitrogens with one attached hydrogen (secondary N) is 1. The predicted molar refractivity (Wildman–Crippen MR) is 128 cm³/mol. The Kier molecular flexibility index (Phi) is 5.81. The summed E-state index contributed by atoms with van der Waals surface area (Å²) in [6, 6.07) is 10.5. The number of hydrogen-bond acceptors (Lipinski definition) is 6. The van der Waals surface area contributed by atoms with Crippen molar-refractivity contribution in [2.45, 2.75) is 24.7 Å². The maximum Gasteiger partial charge on any atom is 0.259 e. The molecule has 0 aromatic heterocycles. The fraction of sp³-hybridized carbons (Fsp3) is 0.435. The van der Waals surface area contributed by atoms with E-state index in [4.69, 9.17) is 4.74 Å². The van der Waals surface area contributed by atoms with Crippen LogP contribution in [0.25, 0.3) is 0 Å². The topological polar surface area (TPSA) is 79.0 Å². The first-order valence-electron chi connectivity index (χ1n) is 11.0. The molecule has 0 radical (unpaired) electrons. The number of amides is 1. The number of hydrogen-bond donors (Lipinski definition) is 1. The minimum Gasteiger partial charge on any atom is -0.454 e. The van der Waals surface area contributed by atoms with Crippen molar-refractivity contribution in [3.8, 4) is 11.5 Å². The average molecular weight is 474 g/mol. The molecule has 2 aromatic carbocycles. The molecule has 9 heteroatoms. The molecule has 0 saturated carbocycles. The van der Waals surface area contributed by atoms with E-state index in [1.165, 1.54) is 6.07 Å². The van der Waals surface area contributed by atoms with Crippen molar-refractivity contribution in [1.29, 1.82) is 0 Å². The van der Waals surface area contributed by atoms with Crippen molar-refractivity contribution in [2.75, 3.05) is 47.9 Å². The summed E-state index contributed by atoms with van der Waals surface area (Å²) in [4.78, 5) is 15.3. The highest BCUT2D eigenvalue weighted by atomic mass is 32.2. The molecule has 170 valence electrons. The van der Waals surface area contributed by atoms with Gasteiger partial charge < -0.3 is 15.0 Å². The number of carbonyl (C=O) groups excluding carboxylic acids is 1. The number of benzene rings is 2. The Labute approximate surface area is 193 Å². The molecule has 0 unspecified atom stereocenters. The molecule has 1 amide bonds. The molecule has 0 spiro atoms. The van der Waals surface area contributed by atoms with E-state index in [-0.39, 0.29) is 16.4 Å². The van der Waals surface area contributed by atoms with E-state index in [1.54, 1.807) is 22.5 Å². The molecule has 0 atom stereocenters. The molecule has 32 heavy (non-hydrogen) atoms. The zero-order valence-electron chi connectivity index (χ0n) is 18.0. The average Bonchev–Trinajstić information content (AvgIpc) is 2.94. The normalized spacial score (nSPS) is 20.0. The third-order valence-electron chi connectivity index (χ3n) is 6.37. The number of para-hydroxylation sites is 2. The van der Waals surface area contributed by atoms with Crippen LogP contribution in [-0.4, -0.2) is 56.3 Å². The zero-order valence-corrected chi connectivity index (χ0v) is 19.7. The Balaban J connectivity index is 1.63. The van der Waals surface area contributed by atoms with Crippen LogP contribution in [0, 0.1) is 5.92 Å². The van der Waals surface area contributed by atoms with Crippen molar-refractivity contribution >= 4 is 39.1 Å². The van der Waals surface area contributed by atoms with Crippen molar-refractivity contribution in [2.24, 2.45) is 5.92 Å². The van der Waals surface area contributed by atoms with Gasteiger partial charge in [0.05, 0.1) is 16.9 Å². The molecule has 3 aliphatic heterocycles. The van der Waals surface area contributed by atoms with Crippen LogP contribution < -0.4 is 15.0 Å². The first-order valence-corrected chi connectivity index (χ1v) is 13.6. The molecule has 2 saturated heterocycles. The fourth-order valence-corrected chi connectivity index (χ4v) is 6.99. The maximum absolute atomic E-state index is 13.8. The first kappa shape index (κ1) is 21.6. The Morgan fingerprint density at radius 3 is 2.50 bits per heavy atom. The Hall–Kier alpha value is -2.23. The lowest BCUT2D eigenvalue weighted by Crippen LogP contribution is -2.40. The van der Waals surface area contributed by atoms with Crippen molar-refractivity contribution in [1.82, 2.24) is 4.31 Å². The molecule has 3 heterocycles. The Morgan fingerprint density at radius 1 is 1.03 bits per heavy atom. The van der Waals surface area contributed by atoms with Gasteiger partial charge in [0.25, 0.3) is 5.91 Å². The van der Waals surface area contributed by atoms with E-state index >= 15 is 0 Å². The van der Waals surface area contributed by atoms with Crippen LogP contribution in [0.4, 0.5) is 11.4 Å². The molecule has 3 aliphatic rings. The highest BCUT2D eigenvalue weighted by Crippen LogP contribution is 2.41. The number of thioether (sulfide) groups is 1. The summed E-state index contributed by atoms with van der Waals surface area (Å²) >= 11 is 1.86. The second-order valence-corrected chi connectivity index (χ2v) is 11.7. The number of anilines is 2. The molecule has 1 N–H and O–H groups in total. The lowest BCUT2D eigenvalue weighted by atomic mass is 10.0.